The molecule has 0 saturated carbocycles. The highest BCUT2D eigenvalue weighted by molar-refractivity contribution is 5.91. The molecule has 0 bridgehead atoms. The smallest absolute Gasteiger partial charge is 0.411 e. The third-order valence-electron chi connectivity index (χ3n) is 5.02. The standard InChI is InChI=1S/C26H34N4O10/c1-3-37-23(33)27-17-9-11-21(31)19(15-17)29-25(35)39-13-7-5-6-8-14-40-26(36)30-20-16-18(10-12-22(20)32)28-24(34)38-4-2/h9-12,15-16,31-32H,3-8,13-14H2,1-2H3,(H,27,33)(H,28,34)(H,29,35)(H,30,36). The van der Waals surface area contributed by atoms with Crippen molar-refractivity contribution >= 4 is 47.1 Å². The number of hydrogen-bond acceptors (Lipinski definition) is 10. The molecule has 0 aliphatic carbocycles. The minimum absolute atomic E-state index is 0.0602. The van der Waals surface area contributed by atoms with Gasteiger partial charge in [-0.25, -0.2) is 19.2 Å². The van der Waals surface area contributed by atoms with Crippen molar-refractivity contribution in [2.75, 3.05) is 47.7 Å². The number of anilines is 4. The normalized spacial score (nSPS) is 10.2. The van der Waals surface area contributed by atoms with Gasteiger partial charge in [-0.2, -0.15) is 0 Å². The molecule has 0 atom stereocenters. The van der Waals surface area contributed by atoms with Gasteiger partial charge in [-0.3, -0.25) is 21.3 Å². The van der Waals surface area contributed by atoms with Crippen LogP contribution < -0.4 is 21.3 Å². The topological polar surface area (TPSA) is 194 Å². The molecule has 0 saturated heterocycles. The molecule has 0 fully saturated rings. The van der Waals surface area contributed by atoms with Crippen molar-refractivity contribution < 1.29 is 48.3 Å². The molecule has 0 heterocycles. The fourth-order valence-electron chi connectivity index (χ4n) is 3.18. The van der Waals surface area contributed by atoms with Crippen LogP contribution in [-0.2, 0) is 18.9 Å². The maximum absolute atomic E-state index is 12.0. The number of nitrogens with one attached hydrogen (secondary N) is 4. The highest BCUT2D eigenvalue weighted by atomic mass is 16.6. The molecule has 2 aromatic rings. The van der Waals surface area contributed by atoms with E-state index in [1.165, 1.54) is 36.4 Å². The number of aromatic hydroxyl groups is 2. The highest BCUT2D eigenvalue weighted by Crippen LogP contribution is 2.28. The Bertz CT molecular complexity index is 1070. The number of rotatable bonds is 13. The van der Waals surface area contributed by atoms with Gasteiger partial charge >= 0.3 is 24.4 Å². The molecular weight excluding hydrogens is 528 g/mol. The Hall–Kier alpha value is -4.88. The Kier molecular flexibility index (Phi) is 13.2. The van der Waals surface area contributed by atoms with Crippen LogP contribution in [0.1, 0.15) is 39.5 Å². The van der Waals surface area contributed by atoms with E-state index in [2.05, 4.69) is 21.3 Å². The van der Waals surface area contributed by atoms with E-state index < -0.39 is 24.4 Å². The van der Waals surface area contributed by atoms with Crippen molar-refractivity contribution in [1.82, 2.24) is 0 Å². The Morgan fingerprint density at radius 2 is 0.950 bits per heavy atom. The fraction of sp³-hybridized carbons (Fsp3) is 0.385. The van der Waals surface area contributed by atoms with Gasteiger partial charge in [-0.15, -0.1) is 0 Å². The fourth-order valence-corrected chi connectivity index (χ4v) is 3.18. The summed E-state index contributed by atoms with van der Waals surface area (Å²) in [6.07, 6.45) is -0.351. The van der Waals surface area contributed by atoms with Gasteiger partial charge in [0.25, 0.3) is 0 Å². The summed E-state index contributed by atoms with van der Waals surface area (Å²) in [5.74, 6) is -0.404. The Morgan fingerprint density at radius 3 is 1.32 bits per heavy atom. The van der Waals surface area contributed by atoms with E-state index >= 15 is 0 Å². The largest absolute Gasteiger partial charge is 0.506 e. The first-order valence-electron chi connectivity index (χ1n) is 12.6. The van der Waals surface area contributed by atoms with Crippen LogP contribution in [0.5, 0.6) is 11.5 Å². The first kappa shape index (κ1) is 31.3. The average molecular weight is 563 g/mol. The van der Waals surface area contributed by atoms with E-state index in [4.69, 9.17) is 18.9 Å². The second kappa shape index (κ2) is 16.9. The molecule has 14 heteroatoms. The number of phenolic OH excluding ortho intramolecular Hbond substituents is 2. The molecule has 2 aromatic carbocycles. The molecular formula is C26H34N4O10. The second-order valence-corrected chi connectivity index (χ2v) is 8.09. The molecule has 40 heavy (non-hydrogen) atoms. The van der Waals surface area contributed by atoms with Gasteiger partial charge in [-0.1, -0.05) is 0 Å². The summed E-state index contributed by atoms with van der Waals surface area (Å²) in [7, 11) is 0. The van der Waals surface area contributed by atoms with Crippen molar-refractivity contribution in [1.29, 1.82) is 0 Å². The van der Waals surface area contributed by atoms with E-state index in [-0.39, 0.29) is 49.3 Å². The molecule has 0 aromatic heterocycles. The quantitative estimate of drug-likeness (QED) is 0.0775. The zero-order valence-corrected chi connectivity index (χ0v) is 22.3. The molecule has 6 N–H and O–H groups in total. The molecule has 0 spiro atoms. The number of phenols is 2. The lowest BCUT2D eigenvalue weighted by atomic mass is 10.2. The third-order valence-corrected chi connectivity index (χ3v) is 5.02. The van der Waals surface area contributed by atoms with Crippen LogP contribution in [-0.4, -0.2) is 61.0 Å². The zero-order valence-electron chi connectivity index (χ0n) is 22.3. The lowest BCUT2D eigenvalue weighted by Gasteiger charge is -2.11. The predicted octanol–water partition coefficient (Wildman–Crippen LogP) is 5.59. The second-order valence-electron chi connectivity index (χ2n) is 8.09. The van der Waals surface area contributed by atoms with Crippen LogP contribution in [0.4, 0.5) is 41.9 Å². The van der Waals surface area contributed by atoms with E-state index in [9.17, 15) is 29.4 Å². The van der Waals surface area contributed by atoms with Gasteiger partial charge in [0, 0.05) is 11.4 Å². The lowest BCUT2D eigenvalue weighted by molar-refractivity contribution is 0.153. The first-order chi connectivity index (χ1) is 19.2. The third kappa shape index (κ3) is 11.7. The average Bonchev–Trinajstić information content (AvgIpc) is 2.90. The predicted molar refractivity (Wildman–Crippen MR) is 146 cm³/mol. The number of amides is 4. The molecule has 4 amide bonds. The van der Waals surface area contributed by atoms with Crippen LogP contribution >= 0.6 is 0 Å². The summed E-state index contributed by atoms with van der Waals surface area (Å²) in [5.41, 5.74) is 0.757. The first-order valence-corrected chi connectivity index (χ1v) is 12.6. The number of hydrogen-bond donors (Lipinski definition) is 6. The Balaban J connectivity index is 1.61. The summed E-state index contributed by atoms with van der Waals surface area (Å²) < 4.78 is 19.8. The lowest BCUT2D eigenvalue weighted by Crippen LogP contribution is -2.16. The summed E-state index contributed by atoms with van der Waals surface area (Å²) in [4.78, 5) is 47.1. The minimum Gasteiger partial charge on any atom is -0.506 e. The Morgan fingerprint density at radius 1 is 0.575 bits per heavy atom. The summed E-state index contributed by atoms with van der Waals surface area (Å²) >= 11 is 0. The number of benzene rings is 2. The number of unbranched alkanes of at least 4 members (excludes halogenated alkanes) is 3. The maximum atomic E-state index is 12.0. The van der Waals surface area contributed by atoms with Gasteiger partial charge in [0.2, 0.25) is 0 Å². The van der Waals surface area contributed by atoms with Gasteiger partial charge in [-0.05, 0) is 75.9 Å². The summed E-state index contributed by atoms with van der Waals surface area (Å²) in [6, 6.07) is 8.24. The summed E-state index contributed by atoms with van der Waals surface area (Å²) in [5, 5.41) is 29.6. The van der Waals surface area contributed by atoms with Gasteiger partial charge in [0.05, 0.1) is 37.8 Å². The minimum atomic E-state index is -0.770. The molecule has 0 radical (unpaired) electrons. The van der Waals surface area contributed by atoms with Crippen molar-refractivity contribution in [2.45, 2.75) is 39.5 Å². The van der Waals surface area contributed by atoms with Crippen LogP contribution in [0, 0.1) is 0 Å². The molecule has 0 aliphatic heterocycles. The highest BCUT2D eigenvalue weighted by Gasteiger charge is 2.12. The molecule has 0 aliphatic rings. The SMILES string of the molecule is CCOC(=O)Nc1ccc(O)c(NC(=O)OCCCCCCOC(=O)Nc2cc(NC(=O)OCC)ccc2O)c1. The molecule has 218 valence electrons. The van der Waals surface area contributed by atoms with Crippen LogP contribution in [0.3, 0.4) is 0 Å². The van der Waals surface area contributed by atoms with Gasteiger partial charge in [0.15, 0.2) is 0 Å². The molecule has 14 nitrogen and oxygen atoms in total. The van der Waals surface area contributed by atoms with E-state index in [0.717, 1.165) is 0 Å². The van der Waals surface area contributed by atoms with E-state index in [1.54, 1.807) is 13.8 Å². The molecule has 0 unspecified atom stereocenters. The summed E-state index contributed by atoms with van der Waals surface area (Å²) in [6.45, 7) is 3.98. The van der Waals surface area contributed by atoms with Crippen molar-refractivity contribution in [3.05, 3.63) is 36.4 Å². The van der Waals surface area contributed by atoms with Crippen molar-refractivity contribution in [3.8, 4) is 11.5 Å². The van der Waals surface area contributed by atoms with Crippen LogP contribution in [0.15, 0.2) is 36.4 Å². The van der Waals surface area contributed by atoms with Crippen LogP contribution in [0.2, 0.25) is 0 Å². The molecule has 2 rings (SSSR count). The monoisotopic (exact) mass is 562 g/mol. The van der Waals surface area contributed by atoms with Crippen molar-refractivity contribution in [3.63, 3.8) is 0 Å². The van der Waals surface area contributed by atoms with Crippen molar-refractivity contribution in [2.24, 2.45) is 0 Å². The Labute approximate surface area is 230 Å². The number of carbonyl (C=O) groups excluding carboxylic acids is 4. The van der Waals surface area contributed by atoms with E-state index in [0.29, 0.717) is 37.1 Å². The number of carbonyl (C=O) groups is 4. The van der Waals surface area contributed by atoms with Gasteiger partial charge in [0.1, 0.15) is 11.5 Å². The zero-order chi connectivity index (χ0) is 29.3. The number of ether oxygens (including phenoxy) is 4. The van der Waals surface area contributed by atoms with E-state index in [1.807, 2.05) is 0 Å². The van der Waals surface area contributed by atoms with Crippen LogP contribution in [0.25, 0.3) is 0 Å². The van der Waals surface area contributed by atoms with Gasteiger partial charge < -0.3 is 29.2 Å². The maximum Gasteiger partial charge on any atom is 0.411 e.